The van der Waals surface area contributed by atoms with Crippen LogP contribution in [0.4, 0.5) is 0 Å². The maximum atomic E-state index is 12.5. The van der Waals surface area contributed by atoms with E-state index in [9.17, 15) is 27.6 Å². The minimum Gasteiger partial charge on any atom is -0.462 e. The van der Waals surface area contributed by atoms with Crippen molar-refractivity contribution in [3.63, 3.8) is 0 Å². The van der Waals surface area contributed by atoms with E-state index in [4.69, 9.17) is 4.74 Å². The first kappa shape index (κ1) is 27.4. The molecule has 0 radical (unpaired) electrons. The first-order chi connectivity index (χ1) is 16.5. The number of hydrogen-bond acceptors (Lipinski definition) is 8. The second-order valence-electron chi connectivity index (χ2n) is 7.72. The molecule has 1 heterocycles. The van der Waals surface area contributed by atoms with E-state index in [0.717, 1.165) is 19.0 Å². The maximum absolute atomic E-state index is 12.5. The number of ether oxygens (including phenoxy) is 1. The third-order valence-corrected chi connectivity index (χ3v) is 5.84. The Labute approximate surface area is 203 Å². The Morgan fingerprint density at radius 2 is 1.57 bits per heavy atom. The maximum Gasteiger partial charge on any atom is 0.325 e. The van der Waals surface area contributed by atoms with Crippen LogP contribution in [-0.2, 0) is 19.6 Å². The van der Waals surface area contributed by atoms with Crippen LogP contribution in [0.25, 0.3) is 0 Å². The summed E-state index contributed by atoms with van der Waals surface area (Å²) in [6.07, 6.45) is 2.48. The summed E-state index contributed by atoms with van der Waals surface area (Å²) in [5, 5.41) is 5.07. The fourth-order valence-electron chi connectivity index (χ4n) is 2.72. The Hall–Kier alpha value is -3.80. The van der Waals surface area contributed by atoms with Crippen molar-refractivity contribution < 1.29 is 32.3 Å². The fraction of sp³-hybridized carbons (Fsp3) is 0.348. The number of aromatic nitrogens is 1. The molecule has 35 heavy (non-hydrogen) atoms. The molecule has 11 nitrogen and oxygen atoms in total. The number of nitrogens with zero attached hydrogens (tertiary/aromatic N) is 1. The molecule has 3 N–H and O–H groups in total. The largest absolute Gasteiger partial charge is 0.462 e. The van der Waals surface area contributed by atoms with Crippen molar-refractivity contribution in [3.05, 3.63) is 59.4 Å². The molecule has 3 amide bonds. The molecule has 0 fully saturated rings. The average Bonchev–Trinajstić information content (AvgIpc) is 2.82. The average molecular weight is 505 g/mol. The van der Waals surface area contributed by atoms with Crippen molar-refractivity contribution >= 4 is 33.7 Å². The number of hydrogen-bond donors (Lipinski definition) is 3. The zero-order valence-electron chi connectivity index (χ0n) is 19.7. The molecule has 0 unspecified atom stereocenters. The molecular weight excluding hydrogens is 476 g/mol. The van der Waals surface area contributed by atoms with E-state index in [2.05, 4.69) is 15.6 Å². The molecule has 0 saturated heterocycles. The molecule has 0 spiro atoms. The number of nitrogens with one attached hydrogen (secondary N) is 3. The van der Waals surface area contributed by atoms with E-state index in [0.29, 0.717) is 12.1 Å². The Morgan fingerprint density at radius 3 is 2.14 bits per heavy atom. The van der Waals surface area contributed by atoms with Crippen LogP contribution in [0, 0.1) is 0 Å². The van der Waals surface area contributed by atoms with E-state index >= 15 is 0 Å². The van der Waals surface area contributed by atoms with Crippen molar-refractivity contribution in [1.82, 2.24) is 20.3 Å². The fourth-order valence-corrected chi connectivity index (χ4v) is 3.69. The molecule has 2 rings (SSSR count). The van der Waals surface area contributed by atoms with Gasteiger partial charge in [-0.1, -0.05) is 13.3 Å². The van der Waals surface area contributed by atoms with E-state index in [1.54, 1.807) is 13.8 Å². The lowest BCUT2D eigenvalue weighted by atomic mass is 10.2. The monoisotopic (exact) mass is 504 g/mol. The standard InChI is InChI=1S/C23H28N4O7S/c1-4-5-12-24-21(29)16-6-9-18(10-7-16)35(32,33)27-22(30)17-8-11-19(25-13-17)23(31)26-14-20(28)34-15(2)3/h6-11,13,15H,4-5,12,14H2,1-3H3,(H,24,29)(H,26,31)(H,27,30). The second-order valence-corrected chi connectivity index (χ2v) is 9.40. The summed E-state index contributed by atoms with van der Waals surface area (Å²) in [7, 11) is -4.22. The van der Waals surface area contributed by atoms with Gasteiger partial charge in [-0.05, 0) is 56.7 Å². The number of esters is 1. The van der Waals surface area contributed by atoms with Crippen molar-refractivity contribution in [3.8, 4) is 0 Å². The third kappa shape index (κ3) is 8.49. The molecule has 2 aromatic rings. The van der Waals surface area contributed by atoms with Crippen molar-refractivity contribution in [2.24, 2.45) is 0 Å². The first-order valence-corrected chi connectivity index (χ1v) is 12.4. The van der Waals surface area contributed by atoms with Crippen LogP contribution in [0.15, 0.2) is 47.5 Å². The number of rotatable bonds is 11. The van der Waals surface area contributed by atoms with Crippen LogP contribution < -0.4 is 15.4 Å². The van der Waals surface area contributed by atoms with E-state index in [-0.39, 0.29) is 34.7 Å². The molecule has 188 valence electrons. The molecule has 0 saturated carbocycles. The van der Waals surface area contributed by atoms with Gasteiger partial charge in [0.15, 0.2) is 0 Å². The number of pyridine rings is 1. The van der Waals surface area contributed by atoms with Gasteiger partial charge in [0.05, 0.1) is 16.6 Å². The highest BCUT2D eigenvalue weighted by Gasteiger charge is 2.20. The zero-order chi connectivity index (χ0) is 26.0. The predicted molar refractivity (Wildman–Crippen MR) is 126 cm³/mol. The minimum atomic E-state index is -4.22. The van der Waals surface area contributed by atoms with Crippen LogP contribution in [0.2, 0.25) is 0 Å². The molecule has 12 heteroatoms. The number of amides is 3. The summed E-state index contributed by atoms with van der Waals surface area (Å²) < 4.78 is 31.9. The summed E-state index contributed by atoms with van der Waals surface area (Å²) >= 11 is 0. The van der Waals surface area contributed by atoms with Gasteiger partial charge in [0.1, 0.15) is 12.2 Å². The number of carbonyl (C=O) groups excluding carboxylic acids is 4. The first-order valence-electron chi connectivity index (χ1n) is 10.9. The van der Waals surface area contributed by atoms with Crippen LogP contribution in [0.3, 0.4) is 0 Å². The van der Waals surface area contributed by atoms with Gasteiger partial charge in [-0.25, -0.2) is 13.1 Å². The van der Waals surface area contributed by atoms with Crippen LogP contribution >= 0.6 is 0 Å². The summed E-state index contributed by atoms with van der Waals surface area (Å²) in [5.41, 5.74) is 0.118. The molecular formula is C23H28N4O7S. The summed E-state index contributed by atoms with van der Waals surface area (Å²) in [5.74, 6) is -2.55. The molecule has 1 aromatic heterocycles. The molecule has 0 aliphatic heterocycles. The number of carbonyl (C=O) groups is 4. The van der Waals surface area contributed by atoms with E-state index in [1.165, 1.54) is 36.4 Å². The van der Waals surface area contributed by atoms with Crippen LogP contribution in [-0.4, -0.2) is 56.3 Å². The summed E-state index contributed by atoms with van der Waals surface area (Å²) in [6, 6.07) is 7.60. The van der Waals surface area contributed by atoms with Gasteiger partial charge >= 0.3 is 5.97 Å². The van der Waals surface area contributed by atoms with Gasteiger partial charge in [-0.15, -0.1) is 0 Å². The quantitative estimate of drug-likeness (QED) is 0.306. The highest BCUT2D eigenvalue weighted by molar-refractivity contribution is 7.90. The second kappa shape index (κ2) is 12.6. The lowest BCUT2D eigenvalue weighted by Gasteiger charge is -2.09. The number of unbranched alkanes of at least 4 members (excludes halogenated alkanes) is 1. The Balaban J connectivity index is 1.98. The van der Waals surface area contributed by atoms with Crippen molar-refractivity contribution in [2.45, 2.75) is 44.6 Å². The summed E-state index contributed by atoms with van der Waals surface area (Å²) in [6.45, 7) is 5.52. The number of sulfonamides is 1. The van der Waals surface area contributed by atoms with E-state index < -0.39 is 27.8 Å². The Morgan fingerprint density at radius 1 is 0.914 bits per heavy atom. The number of benzene rings is 1. The van der Waals surface area contributed by atoms with Crippen molar-refractivity contribution in [2.75, 3.05) is 13.1 Å². The topological polar surface area (TPSA) is 161 Å². The normalized spacial score (nSPS) is 11.0. The zero-order valence-corrected chi connectivity index (χ0v) is 20.5. The third-order valence-electron chi connectivity index (χ3n) is 4.49. The van der Waals surface area contributed by atoms with Gasteiger partial charge in [0, 0.05) is 18.3 Å². The molecule has 0 aliphatic carbocycles. The van der Waals surface area contributed by atoms with Gasteiger partial charge in [0.25, 0.3) is 27.7 Å². The lowest BCUT2D eigenvalue weighted by Crippen LogP contribution is -2.32. The van der Waals surface area contributed by atoms with Crippen molar-refractivity contribution in [1.29, 1.82) is 0 Å². The highest BCUT2D eigenvalue weighted by atomic mass is 32.2. The SMILES string of the molecule is CCCCNC(=O)c1ccc(S(=O)(=O)NC(=O)c2ccc(C(=O)NCC(=O)OC(C)C)nc2)cc1. The lowest BCUT2D eigenvalue weighted by molar-refractivity contribution is -0.146. The van der Waals surface area contributed by atoms with Crippen LogP contribution in [0.1, 0.15) is 64.8 Å². The Kier molecular flexibility index (Phi) is 9.88. The van der Waals surface area contributed by atoms with Gasteiger partial charge in [-0.2, -0.15) is 0 Å². The molecule has 1 aromatic carbocycles. The molecule has 0 atom stereocenters. The highest BCUT2D eigenvalue weighted by Crippen LogP contribution is 2.12. The van der Waals surface area contributed by atoms with Gasteiger partial charge in [0.2, 0.25) is 0 Å². The van der Waals surface area contributed by atoms with E-state index in [1.807, 2.05) is 11.6 Å². The van der Waals surface area contributed by atoms with Gasteiger partial charge in [-0.3, -0.25) is 24.2 Å². The summed E-state index contributed by atoms with van der Waals surface area (Å²) in [4.78, 5) is 51.7. The van der Waals surface area contributed by atoms with Crippen LogP contribution in [0.5, 0.6) is 0 Å². The predicted octanol–water partition coefficient (Wildman–Crippen LogP) is 1.41. The smallest absolute Gasteiger partial charge is 0.325 e. The van der Waals surface area contributed by atoms with Gasteiger partial charge < -0.3 is 15.4 Å². The molecule has 0 bridgehead atoms. The minimum absolute atomic E-state index is 0.0745. The molecule has 0 aliphatic rings. The Bertz CT molecular complexity index is 1160.